The molecule has 0 N–H and O–H groups in total. The number of ether oxygens (including phenoxy) is 2. The van der Waals surface area contributed by atoms with Gasteiger partial charge in [-0.25, -0.2) is 0 Å². The van der Waals surface area contributed by atoms with Gasteiger partial charge in [-0.3, -0.25) is 14.6 Å². The average molecular weight is 334 g/mol. The molecule has 0 saturated carbocycles. The number of nitrogens with zero attached hydrogens (tertiary/aromatic N) is 2. The van der Waals surface area contributed by atoms with Crippen molar-refractivity contribution >= 4 is 5.97 Å². The highest BCUT2D eigenvalue weighted by molar-refractivity contribution is 5.69. The lowest BCUT2D eigenvalue weighted by molar-refractivity contribution is -0.140. The predicted octanol–water partition coefficient (Wildman–Crippen LogP) is 2.16. The van der Waals surface area contributed by atoms with Crippen LogP contribution in [0.2, 0.25) is 0 Å². The Morgan fingerprint density at radius 3 is 2.67 bits per heavy atom. The van der Waals surface area contributed by atoms with Crippen molar-refractivity contribution < 1.29 is 14.3 Å². The molecule has 5 nitrogen and oxygen atoms in total. The molecular weight excluding hydrogens is 304 g/mol. The van der Waals surface area contributed by atoms with Crippen LogP contribution in [0.15, 0.2) is 30.3 Å². The van der Waals surface area contributed by atoms with E-state index < -0.39 is 0 Å². The van der Waals surface area contributed by atoms with Crippen molar-refractivity contribution in [2.24, 2.45) is 0 Å². The molecule has 1 unspecified atom stereocenters. The monoisotopic (exact) mass is 334 g/mol. The number of morpholine rings is 1. The zero-order valence-corrected chi connectivity index (χ0v) is 14.9. The second-order valence-corrected chi connectivity index (χ2v) is 6.40. The average Bonchev–Trinajstić information content (AvgIpc) is 2.62. The molecule has 0 aliphatic carbocycles. The first-order valence-electron chi connectivity index (χ1n) is 8.84. The smallest absolute Gasteiger partial charge is 0.305 e. The van der Waals surface area contributed by atoms with Crippen LogP contribution in [0.1, 0.15) is 25.3 Å². The second kappa shape index (κ2) is 10.4. The summed E-state index contributed by atoms with van der Waals surface area (Å²) in [5.41, 5.74) is 1.31. The Kier molecular flexibility index (Phi) is 8.22. The summed E-state index contributed by atoms with van der Waals surface area (Å²) in [6, 6.07) is 11.0. The van der Waals surface area contributed by atoms with Crippen LogP contribution in [-0.4, -0.2) is 68.3 Å². The fourth-order valence-electron chi connectivity index (χ4n) is 3.07. The minimum atomic E-state index is -0.129. The molecule has 1 saturated heterocycles. The Hall–Kier alpha value is -1.43. The number of benzene rings is 1. The van der Waals surface area contributed by atoms with Crippen molar-refractivity contribution in [3.05, 3.63) is 35.9 Å². The van der Waals surface area contributed by atoms with Crippen LogP contribution in [0.4, 0.5) is 0 Å². The molecule has 1 aliphatic heterocycles. The summed E-state index contributed by atoms with van der Waals surface area (Å²) in [6.45, 7) is 8.78. The van der Waals surface area contributed by atoms with Gasteiger partial charge in [-0.05, 0) is 25.5 Å². The minimum absolute atomic E-state index is 0.129. The van der Waals surface area contributed by atoms with Gasteiger partial charge in [0, 0.05) is 38.6 Å². The fourth-order valence-corrected chi connectivity index (χ4v) is 3.07. The first-order valence-corrected chi connectivity index (χ1v) is 8.84. The summed E-state index contributed by atoms with van der Waals surface area (Å²) in [7, 11) is 1.45. The van der Waals surface area contributed by atoms with Gasteiger partial charge in [-0.2, -0.15) is 0 Å². The lowest BCUT2D eigenvalue weighted by Gasteiger charge is -2.35. The van der Waals surface area contributed by atoms with Crippen molar-refractivity contribution in [2.45, 2.75) is 32.4 Å². The molecule has 0 bridgehead atoms. The second-order valence-electron chi connectivity index (χ2n) is 6.40. The van der Waals surface area contributed by atoms with Crippen LogP contribution in [0.5, 0.6) is 0 Å². The number of esters is 1. The first-order chi connectivity index (χ1) is 11.7. The van der Waals surface area contributed by atoms with Gasteiger partial charge < -0.3 is 9.47 Å². The summed E-state index contributed by atoms with van der Waals surface area (Å²) in [5, 5.41) is 0. The summed E-state index contributed by atoms with van der Waals surface area (Å²) < 4.78 is 10.2. The van der Waals surface area contributed by atoms with E-state index in [9.17, 15) is 4.79 Å². The number of carbonyl (C=O) groups excluding carboxylic acids is 1. The molecule has 24 heavy (non-hydrogen) atoms. The Morgan fingerprint density at radius 1 is 1.29 bits per heavy atom. The molecule has 1 aromatic carbocycles. The van der Waals surface area contributed by atoms with E-state index in [1.165, 1.54) is 12.7 Å². The first kappa shape index (κ1) is 18.9. The van der Waals surface area contributed by atoms with Gasteiger partial charge in [-0.1, -0.05) is 30.3 Å². The number of carbonyl (C=O) groups is 1. The predicted molar refractivity (Wildman–Crippen MR) is 94.8 cm³/mol. The van der Waals surface area contributed by atoms with E-state index in [0.29, 0.717) is 12.5 Å². The third kappa shape index (κ3) is 6.59. The molecule has 0 aromatic heterocycles. The highest BCUT2D eigenvalue weighted by Crippen LogP contribution is 2.12. The Bertz CT molecular complexity index is 475. The number of rotatable bonds is 9. The summed E-state index contributed by atoms with van der Waals surface area (Å²) in [5.74, 6) is -0.129. The number of hydrogen-bond donors (Lipinski definition) is 0. The Balaban J connectivity index is 1.90. The zero-order valence-electron chi connectivity index (χ0n) is 14.9. The van der Waals surface area contributed by atoms with Crippen molar-refractivity contribution in [3.8, 4) is 0 Å². The maximum absolute atomic E-state index is 11.4. The molecule has 1 heterocycles. The summed E-state index contributed by atoms with van der Waals surface area (Å²) in [4.78, 5) is 16.3. The molecule has 134 valence electrons. The molecule has 1 atom stereocenters. The van der Waals surface area contributed by atoms with Gasteiger partial charge in [0.2, 0.25) is 0 Å². The van der Waals surface area contributed by atoms with Crippen LogP contribution in [-0.2, 0) is 20.8 Å². The standard InChI is InChI=1S/C19H30N2O3/c1-17(15-20-11-13-24-14-12-20)21(10-6-9-19(22)23-2)16-18-7-4-3-5-8-18/h3-5,7-8,17H,6,9-16H2,1-2H3. The topological polar surface area (TPSA) is 42.0 Å². The van der Waals surface area contributed by atoms with Crippen molar-refractivity contribution in [3.63, 3.8) is 0 Å². The molecule has 1 aliphatic rings. The third-order valence-corrected chi connectivity index (χ3v) is 4.53. The van der Waals surface area contributed by atoms with E-state index in [1.54, 1.807) is 0 Å². The van der Waals surface area contributed by atoms with E-state index in [0.717, 1.165) is 52.4 Å². The third-order valence-electron chi connectivity index (χ3n) is 4.53. The Labute approximate surface area is 145 Å². The normalized spacial score (nSPS) is 17.0. The number of hydrogen-bond acceptors (Lipinski definition) is 5. The van der Waals surface area contributed by atoms with Crippen LogP contribution >= 0.6 is 0 Å². The molecular formula is C19H30N2O3. The lowest BCUT2D eigenvalue weighted by atomic mass is 10.1. The van der Waals surface area contributed by atoms with E-state index in [1.807, 2.05) is 6.07 Å². The zero-order chi connectivity index (χ0) is 17.2. The van der Waals surface area contributed by atoms with Crippen molar-refractivity contribution in [1.82, 2.24) is 9.80 Å². The maximum Gasteiger partial charge on any atom is 0.305 e. The van der Waals surface area contributed by atoms with Gasteiger partial charge >= 0.3 is 5.97 Å². The molecule has 0 spiro atoms. The lowest BCUT2D eigenvalue weighted by Crippen LogP contribution is -2.46. The van der Waals surface area contributed by atoms with Gasteiger partial charge in [0.15, 0.2) is 0 Å². The van der Waals surface area contributed by atoms with Crippen LogP contribution < -0.4 is 0 Å². The van der Waals surface area contributed by atoms with E-state index in [2.05, 4.69) is 41.0 Å². The van der Waals surface area contributed by atoms with Gasteiger partial charge in [0.1, 0.15) is 0 Å². The van der Waals surface area contributed by atoms with E-state index >= 15 is 0 Å². The molecule has 1 fully saturated rings. The molecule has 5 heteroatoms. The van der Waals surface area contributed by atoms with Crippen LogP contribution in [0, 0.1) is 0 Å². The number of methoxy groups -OCH3 is 1. The quantitative estimate of drug-likeness (QED) is 0.648. The summed E-state index contributed by atoms with van der Waals surface area (Å²) >= 11 is 0. The summed E-state index contributed by atoms with van der Waals surface area (Å²) in [6.07, 6.45) is 1.30. The van der Waals surface area contributed by atoms with Gasteiger partial charge in [0.25, 0.3) is 0 Å². The molecule has 1 aromatic rings. The molecule has 0 radical (unpaired) electrons. The molecule has 0 amide bonds. The van der Waals surface area contributed by atoms with Crippen molar-refractivity contribution in [2.75, 3.05) is 46.5 Å². The molecule has 2 rings (SSSR count). The largest absolute Gasteiger partial charge is 0.469 e. The van der Waals surface area contributed by atoms with Gasteiger partial charge in [-0.15, -0.1) is 0 Å². The van der Waals surface area contributed by atoms with Crippen molar-refractivity contribution in [1.29, 1.82) is 0 Å². The van der Waals surface area contributed by atoms with Gasteiger partial charge in [0.05, 0.1) is 20.3 Å². The SMILES string of the molecule is COC(=O)CCCN(Cc1ccccc1)C(C)CN1CCOCC1. The van der Waals surface area contributed by atoms with Crippen LogP contribution in [0.25, 0.3) is 0 Å². The Morgan fingerprint density at radius 2 is 2.00 bits per heavy atom. The van der Waals surface area contributed by atoms with E-state index in [4.69, 9.17) is 9.47 Å². The fraction of sp³-hybridized carbons (Fsp3) is 0.632. The minimum Gasteiger partial charge on any atom is -0.469 e. The highest BCUT2D eigenvalue weighted by Gasteiger charge is 2.19. The maximum atomic E-state index is 11.4. The van der Waals surface area contributed by atoms with Crippen LogP contribution in [0.3, 0.4) is 0 Å². The van der Waals surface area contributed by atoms with E-state index in [-0.39, 0.29) is 5.97 Å². The highest BCUT2D eigenvalue weighted by atomic mass is 16.5.